The number of Topliss-reactive ketones (excluding diaryl/α,β-unsaturated/α-hetero) is 1. The van der Waals surface area contributed by atoms with Crippen molar-refractivity contribution in [3.8, 4) is 6.07 Å². The van der Waals surface area contributed by atoms with Crippen LogP contribution in [-0.4, -0.2) is 11.5 Å². The van der Waals surface area contributed by atoms with Gasteiger partial charge in [0.15, 0.2) is 5.76 Å². The Morgan fingerprint density at radius 2 is 2.00 bits per heavy atom. The van der Waals surface area contributed by atoms with E-state index in [4.69, 9.17) is 9.68 Å². The molecular weight excluding hydrogens is 230 g/mol. The van der Waals surface area contributed by atoms with E-state index in [-0.39, 0.29) is 11.5 Å². The number of para-hydroxylation sites is 1. The number of hydrogen-bond donors (Lipinski definition) is 1. The van der Waals surface area contributed by atoms with Gasteiger partial charge in [-0.2, -0.15) is 10.4 Å². The minimum atomic E-state index is -0.550. The first-order valence-electron chi connectivity index (χ1n) is 5.18. The Bertz CT molecular complexity index is 595. The van der Waals surface area contributed by atoms with Gasteiger partial charge in [-0.05, 0) is 24.3 Å². The van der Waals surface area contributed by atoms with Gasteiger partial charge in [-0.15, -0.1) is 0 Å². The average molecular weight is 239 g/mol. The summed E-state index contributed by atoms with van der Waals surface area (Å²) in [6.45, 7) is 0. The van der Waals surface area contributed by atoms with Crippen LogP contribution in [0.1, 0.15) is 10.6 Å². The van der Waals surface area contributed by atoms with Crippen LogP contribution in [0.15, 0.2) is 58.2 Å². The molecule has 0 radical (unpaired) electrons. The fraction of sp³-hybridized carbons (Fsp3) is 0. The van der Waals surface area contributed by atoms with Gasteiger partial charge in [0, 0.05) is 0 Å². The summed E-state index contributed by atoms with van der Waals surface area (Å²) >= 11 is 0. The molecule has 1 aromatic heterocycles. The van der Waals surface area contributed by atoms with Crippen molar-refractivity contribution >= 4 is 17.2 Å². The van der Waals surface area contributed by atoms with E-state index < -0.39 is 5.78 Å². The molecule has 0 bridgehead atoms. The summed E-state index contributed by atoms with van der Waals surface area (Å²) in [5.74, 6) is -0.462. The maximum atomic E-state index is 11.8. The molecule has 1 aromatic carbocycles. The van der Waals surface area contributed by atoms with Crippen molar-refractivity contribution in [3.63, 3.8) is 0 Å². The maximum Gasteiger partial charge on any atom is 0.259 e. The number of hydrazone groups is 1. The number of nitrogens with zero attached hydrogens (tertiary/aromatic N) is 2. The Labute approximate surface area is 103 Å². The van der Waals surface area contributed by atoms with Crippen molar-refractivity contribution in [2.24, 2.45) is 5.10 Å². The third kappa shape index (κ3) is 2.62. The highest BCUT2D eigenvalue weighted by Gasteiger charge is 2.16. The van der Waals surface area contributed by atoms with Crippen LogP contribution in [0.5, 0.6) is 0 Å². The molecule has 2 aromatic rings. The molecule has 0 saturated heterocycles. The molecule has 88 valence electrons. The van der Waals surface area contributed by atoms with Gasteiger partial charge in [-0.3, -0.25) is 10.2 Å². The minimum absolute atomic E-state index is 0.0881. The number of nitriles is 1. The van der Waals surface area contributed by atoms with Crippen LogP contribution >= 0.6 is 0 Å². The lowest BCUT2D eigenvalue weighted by Gasteiger charge is -1.99. The molecule has 0 amide bonds. The molecule has 0 saturated carbocycles. The lowest BCUT2D eigenvalue weighted by molar-refractivity contribution is 0.104. The molecule has 0 aliphatic rings. The van der Waals surface area contributed by atoms with E-state index in [1.165, 1.54) is 12.3 Å². The number of nitrogens with one attached hydrogen (secondary N) is 1. The van der Waals surface area contributed by atoms with E-state index in [9.17, 15) is 4.79 Å². The van der Waals surface area contributed by atoms with E-state index in [2.05, 4.69) is 10.5 Å². The van der Waals surface area contributed by atoms with E-state index in [1.54, 1.807) is 24.3 Å². The zero-order valence-corrected chi connectivity index (χ0v) is 9.33. The SMILES string of the molecule is N#C/C(=N\Nc1ccccc1)C(=O)c1ccco1. The molecule has 5 nitrogen and oxygen atoms in total. The van der Waals surface area contributed by atoms with Gasteiger partial charge in [0.25, 0.3) is 5.78 Å². The van der Waals surface area contributed by atoms with Gasteiger partial charge in [0.05, 0.1) is 12.0 Å². The van der Waals surface area contributed by atoms with Gasteiger partial charge in [-0.25, -0.2) is 0 Å². The standard InChI is InChI=1S/C13H9N3O2/c14-9-11(13(17)12-7-4-8-18-12)16-15-10-5-2-1-3-6-10/h1-8,15H/b16-11+. The second kappa shape index (κ2) is 5.46. The third-order valence-corrected chi connectivity index (χ3v) is 2.14. The van der Waals surface area contributed by atoms with Gasteiger partial charge < -0.3 is 4.42 Å². The van der Waals surface area contributed by atoms with Crippen molar-refractivity contribution in [2.45, 2.75) is 0 Å². The summed E-state index contributed by atoms with van der Waals surface area (Å²) in [6, 6.07) is 13.8. The molecule has 2 rings (SSSR count). The zero-order chi connectivity index (χ0) is 12.8. The number of furan rings is 1. The summed E-state index contributed by atoms with van der Waals surface area (Å²) < 4.78 is 4.92. The van der Waals surface area contributed by atoms with E-state index in [0.29, 0.717) is 5.69 Å². The minimum Gasteiger partial charge on any atom is -0.461 e. The van der Waals surface area contributed by atoms with Crippen LogP contribution in [0.25, 0.3) is 0 Å². The molecule has 5 heteroatoms. The lowest BCUT2D eigenvalue weighted by Crippen LogP contribution is -2.13. The predicted octanol–water partition coefficient (Wildman–Crippen LogP) is 2.45. The Morgan fingerprint density at radius 1 is 1.22 bits per heavy atom. The number of hydrogen-bond acceptors (Lipinski definition) is 5. The number of ketones is 1. The normalized spacial score (nSPS) is 10.7. The Hall–Kier alpha value is -2.87. The molecule has 0 unspecified atom stereocenters. The Balaban J connectivity index is 2.15. The van der Waals surface area contributed by atoms with Gasteiger partial charge in [0.1, 0.15) is 6.07 Å². The first-order chi connectivity index (χ1) is 8.81. The molecule has 1 heterocycles. The van der Waals surface area contributed by atoms with Gasteiger partial charge >= 0.3 is 0 Å². The first-order valence-corrected chi connectivity index (χ1v) is 5.18. The molecule has 0 aliphatic heterocycles. The van der Waals surface area contributed by atoms with Crippen molar-refractivity contribution in [1.29, 1.82) is 5.26 Å². The smallest absolute Gasteiger partial charge is 0.259 e. The predicted molar refractivity (Wildman–Crippen MR) is 66.2 cm³/mol. The van der Waals surface area contributed by atoms with Crippen LogP contribution in [0, 0.1) is 11.3 Å². The summed E-state index contributed by atoms with van der Waals surface area (Å²) in [4.78, 5) is 11.8. The van der Waals surface area contributed by atoms with E-state index in [1.807, 2.05) is 18.2 Å². The highest BCUT2D eigenvalue weighted by molar-refractivity contribution is 6.50. The average Bonchev–Trinajstić information content (AvgIpc) is 2.94. The zero-order valence-electron chi connectivity index (χ0n) is 9.33. The molecule has 0 aliphatic carbocycles. The highest BCUT2D eigenvalue weighted by Crippen LogP contribution is 2.06. The fourth-order valence-electron chi connectivity index (χ4n) is 1.28. The Kier molecular flexibility index (Phi) is 3.52. The monoisotopic (exact) mass is 239 g/mol. The van der Waals surface area contributed by atoms with Crippen LogP contribution in [0.4, 0.5) is 5.69 Å². The molecule has 0 spiro atoms. The van der Waals surface area contributed by atoms with E-state index >= 15 is 0 Å². The lowest BCUT2D eigenvalue weighted by atomic mass is 10.2. The fourth-order valence-corrected chi connectivity index (χ4v) is 1.28. The van der Waals surface area contributed by atoms with E-state index in [0.717, 1.165) is 0 Å². The molecule has 1 N–H and O–H groups in total. The number of rotatable bonds is 4. The third-order valence-electron chi connectivity index (χ3n) is 2.14. The highest BCUT2D eigenvalue weighted by atomic mass is 16.3. The van der Waals surface area contributed by atoms with Crippen LogP contribution in [0.3, 0.4) is 0 Å². The quantitative estimate of drug-likeness (QED) is 0.505. The summed E-state index contributed by atoms with van der Waals surface area (Å²) in [7, 11) is 0. The van der Waals surface area contributed by atoms with Crippen molar-refractivity contribution in [2.75, 3.05) is 5.43 Å². The van der Waals surface area contributed by atoms with Gasteiger partial charge in [-0.1, -0.05) is 18.2 Å². The molecule has 18 heavy (non-hydrogen) atoms. The number of benzene rings is 1. The molecule has 0 atom stereocenters. The number of carbonyl (C=O) groups excluding carboxylic acids is 1. The van der Waals surface area contributed by atoms with Gasteiger partial charge in [0.2, 0.25) is 5.71 Å². The molecule has 0 fully saturated rings. The summed E-state index contributed by atoms with van der Waals surface area (Å²) in [6.07, 6.45) is 1.37. The number of anilines is 1. The topological polar surface area (TPSA) is 78.4 Å². The largest absolute Gasteiger partial charge is 0.461 e. The second-order valence-corrected chi connectivity index (χ2v) is 3.36. The van der Waals surface area contributed by atoms with Crippen LogP contribution in [-0.2, 0) is 0 Å². The second-order valence-electron chi connectivity index (χ2n) is 3.36. The van der Waals surface area contributed by atoms with Crippen molar-refractivity contribution in [3.05, 3.63) is 54.5 Å². The Morgan fingerprint density at radius 3 is 2.61 bits per heavy atom. The summed E-state index contributed by atoms with van der Waals surface area (Å²) in [5.41, 5.74) is 3.08. The maximum absolute atomic E-state index is 11.8. The molecular formula is C13H9N3O2. The van der Waals surface area contributed by atoms with Crippen LogP contribution in [0.2, 0.25) is 0 Å². The van der Waals surface area contributed by atoms with Crippen molar-refractivity contribution in [1.82, 2.24) is 0 Å². The first kappa shape index (κ1) is 11.6. The van der Waals surface area contributed by atoms with Crippen LogP contribution < -0.4 is 5.43 Å². The van der Waals surface area contributed by atoms with Crippen molar-refractivity contribution < 1.29 is 9.21 Å². The summed E-state index contributed by atoms with van der Waals surface area (Å²) in [5, 5.41) is 12.7. The number of carbonyl (C=O) groups is 1.